The van der Waals surface area contributed by atoms with Gasteiger partial charge in [0.1, 0.15) is 17.2 Å². The Morgan fingerprint density at radius 2 is 1.48 bits per heavy atom. The van der Waals surface area contributed by atoms with Gasteiger partial charge < -0.3 is 4.74 Å². The highest BCUT2D eigenvalue weighted by molar-refractivity contribution is 9.10. The van der Waals surface area contributed by atoms with E-state index in [-0.39, 0.29) is 6.61 Å². The number of rotatable bonds is 15. The summed E-state index contributed by atoms with van der Waals surface area (Å²) < 4.78 is 34.4. The highest BCUT2D eigenvalue weighted by Gasteiger charge is 2.16. The average molecular weight is 415 g/mol. The van der Waals surface area contributed by atoms with Gasteiger partial charge in [0.2, 0.25) is 0 Å². The van der Waals surface area contributed by atoms with Gasteiger partial charge in [0, 0.05) is 0 Å². The number of halogens is 1. The van der Waals surface area contributed by atoms with Crippen molar-refractivity contribution in [2.45, 2.75) is 82.4 Å². The summed E-state index contributed by atoms with van der Waals surface area (Å²) in [5.41, 5.74) is 0. The molecular weight excluding hydrogens is 384 g/mol. The fourth-order valence-electron chi connectivity index (χ4n) is 2.27. The molecule has 138 valence electrons. The quantitative estimate of drug-likeness (QED) is 0.184. The Kier molecular flexibility index (Phi) is 14.1. The minimum absolute atomic E-state index is 0.308. The van der Waals surface area contributed by atoms with E-state index in [1.165, 1.54) is 51.4 Å². The van der Waals surface area contributed by atoms with Gasteiger partial charge in [0.05, 0.1) is 0 Å². The minimum Gasteiger partial charge on any atom is -0.464 e. The molecule has 0 aromatic heterocycles. The molecule has 0 aromatic carbocycles. The summed E-state index contributed by atoms with van der Waals surface area (Å²) >= 11 is 3.26. The van der Waals surface area contributed by atoms with Crippen molar-refractivity contribution in [3.8, 4) is 0 Å². The molecule has 0 spiro atoms. The van der Waals surface area contributed by atoms with Crippen molar-refractivity contribution in [3.63, 3.8) is 0 Å². The predicted octanol–water partition coefficient (Wildman–Crippen LogP) is 4.49. The van der Waals surface area contributed by atoms with Gasteiger partial charge in [-0.1, -0.05) is 87.1 Å². The van der Waals surface area contributed by atoms with E-state index in [0.717, 1.165) is 12.8 Å². The molecule has 1 N–H and O–H groups in total. The van der Waals surface area contributed by atoms with E-state index in [9.17, 15) is 13.2 Å². The summed E-state index contributed by atoms with van der Waals surface area (Å²) in [5.74, 6) is -1.03. The molecule has 5 nitrogen and oxygen atoms in total. The van der Waals surface area contributed by atoms with Crippen molar-refractivity contribution in [1.82, 2.24) is 0 Å². The molecule has 0 heterocycles. The summed E-state index contributed by atoms with van der Waals surface area (Å²) in [7, 11) is -4.08. The van der Waals surface area contributed by atoms with Gasteiger partial charge in [0.25, 0.3) is 10.1 Å². The maximum Gasteiger partial charge on any atom is 0.319 e. The van der Waals surface area contributed by atoms with Crippen LogP contribution >= 0.6 is 15.9 Å². The van der Waals surface area contributed by atoms with Crippen LogP contribution in [0.3, 0.4) is 0 Å². The molecule has 0 bridgehead atoms. The van der Waals surface area contributed by atoms with Crippen LogP contribution in [0.2, 0.25) is 0 Å². The van der Waals surface area contributed by atoms with Crippen LogP contribution in [-0.4, -0.2) is 36.1 Å². The molecule has 7 heteroatoms. The Balaban J connectivity index is 3.45. The zero-order valence-electron chi connectivity index (χ0n) is 14.1. The number of hydrogen-bond donors (Lipinski definition) is 1. The van der Waals surface area contributed by atoms with Crippen LogP contribution in [0, 0.1) is 0 Å². The van der Waals surface area contributed by atoms with Gasteiger partial charge in [-0.15, -0.1) is 0 Å². The van der Waals surface area contributed by atoms with E-state index in [0.29, 0.717) is 6.42 Å². The third-order valence-electron chi connectivity index (χ3n) is 3.65. The molecule has 0 radical (unpaired) electrons. The zero-order valence-corrected chi connectivity index (χ0v) is 16.5. The van der Waals surface area contributed by atoms with Crippen molar-refractivity contribution < 1.29 is 22.5 Å². The Labute approximate surface area is 149 Å². The number of carbonyl (C=O) groups excluding carboxylic acids is 1. The first-order valence-corrected chi connectivity index (χ1v) is 11.1. The Morgan fingerprint density at radius 3 is 1.96 bits per heavy atom. The van der Waals surface area contributed by atoms with E-state index >= 15 is 0 Å². The number of alkyl halides is 1. The van der Waals surface area contributed by atoms with Gasteiger partial charge in [0.15, 0.2) is 0 Å². The van der Waals surface area contributed by atoms with Crippen LogP contribution in [0.4, 0.5) is 0 Å². The third kappa shape index (κ3) is 16.5. The Bertz CT molecular complexity index is 397. The van der Waals surface area contributed by atoms with Crippen LogP contribution < -0.4 is 0 Å². The van der Waals surface area contributed by atoms with Crippen molar-refractivity contribution in [3.05, 3.63) is 0 Å². The standard InChI is InChI=1S/C16H31BrO5S/c1-2-3-4-5-6-7-8-9-10-11-12-15(17)16(18)22-13-14-23(19,20)21/h15H,2-14H2,1H3,(H,19,20,21). The molecule has 0 amide bonds. The van der Waals surface area contributed by atoms with Gasteiger partial charge >= 0.3 is 5.97 Å². The molecule has 0 aliphatic carbocycles. The highest BCUT2D eigenvalue weighted by Crippen LogP contribution is 2.15. The lowest BCUT2D eigenvalue weighted by Crippen LogP contribution is -2.21. The first kappa shape index (κ1) is 22.9. The largest absolute Gasteiger partial charge is 0.464 e. The summed E-state index contributed by atoms with van der Waals surface area (Å²) in [6.45, 7) is 1.92. The molecule has 0 fully saturated rings. The van der Waals surface area contributed by atoms with Crippen molar-refractivity contribution >= 4 is 32.0 Å². The summed E-state index contributed by atoms with van der Waals surface area (Å²) in [6, 6.07) is 0. The van der Waals surface area contributed by atoms with E-state index in [2.05, 4.69) is 22.9 Å². The molecule has 1 atom stereocenters. The molecule has 1 unspecified atom stereocenters. The average Bonchev–Trinajstić information content (AvgIpc) is 2.47. The topological polar surface area (TPSA) is 80.7 Å². The minimum atomic E-state index is -4.08. The highest BCUT2D eigenvalue weighted by atomic mass is 79.9. The van der Waals surface area contributed by atoms with E-state index in [1.54, 1.807) is 0 Å². The first-order chi connectivity index (χ1) is 10.9. The second-order valence-electron chi connectivity index (χ2n) is 5.89. The summed E-state index contributed by atoms with van der Waals surface area (Å²) in [4.78, 5) is 11.2. The van der Waals surface area contributed by atoms with Gasteiger partial charge in [-0.25, -0.2) is 0 Å². The maximum absolute atomic E-state index is 11.6. The normalized spacial score (nSPS) is 13.0. The predicted molar refractivity (Wildman–Crippen MR) is 96.6 cm³/mol. The second-order valence-corrected chi connectivity index (χ2v) is 8.57. The van der Waals surface area contributed by atoms with Gasteiger partial charge in [-0.3, -0.25) is 9.35 Å². The number of esters is 1. The fraction of sp³-hybridized carbons (Fsp3) is 0.938. The van der Waals surface area contributed by atoms with Crippen molar-refractivity contribution in [2.24, 2.45) is 0 Å². The fourth-order valence-corrected chi connectivity index (χ4v) is 3.02. The number of unbranched alkanes of at least 4 members (excludes halogenated alkanes) is 9. The maximum atomic E-state index is 11.6. The number of hydrogen-bond acceptors (Lipinski definition) is 4. The molecule has 0 aliphatic heterocycles. The van der Waals surface area contributed by atoms with Gasteiger partial charge in [-0.05, 0) is 6.42 Å². The van der Waals surface area contributed by atoms with Crippen LogP contribution in [0.25, 0.3) is 0 Å². The van der Waals surface area contributed by atoms with E-state index in [1.807, 2.05) is 0 Å². The molecule has 23 heavy (non-hydrogen) atoms. The Morgan fingerprint density at radius 1 is 1.00 bits per heavy atom. The lowest BCUT2D eigenvalue weighted by molar-refractivity contribution is -0.142. The SMILES string of the molecule is CCCCCCCCCCCCC(Br)C(=O)OCCS(=O)(=O)O. The molecular formula is C16H31BrO5S. The molecule has 0 rings (SSSR count). The second kappa shape index (κ2) is 14.2. The lowest BCUT2D eigenvalue weighted by atomic mass is 10.1. The van der Waals surface area contributed by atoms with Crippen molar-refractivity contribution in [2.75, 3.05) is 12.4 Å². The van der Waals surface area contributed by atoms with Crippen LogP contribution in [0.1, 0.15) is 77.6 Å². The molecule has 0 aliphatic rings. The van der Waals surface area contributed by atoms with E-state index in [4.69, 9.17) is 9.29 Å². The zero-order chi connectivity index (χ0) is 17.6. The number of ether oxygens (including phenoxy) is 1. The first-order valence-electron chi connectivity index (χ1n) is 8.62. The molecule has 0 aromatic rings. The van der Waals surface area contributed by atoms with Crippen LogP contribution in [0.15, 0.2) is 0 Å². The molecule has 0 saturated carbocycles. The van der Waals surface area contributed by atoms with Crippen molar-refractivity contribution in [1.29, 1.82) is 0 Å². The lowest BCUT2D eigenvalue weighted by Gasteiger charge is -2.09. The van der Waals surface area contributed by atoms with Crippen LogP contribution in [0.5, 0.6) is 0 Å². The smallest absolute Gasteiger partial charge is 0.319 e. The molecule has 0 saturated heterocycles. The van der Waals surface area contributed by atoms with Gasteiger partial charge in [-0.2, -0.15) is 8.42 Å². The van der Waals surface area contributed by atoms with E-state index < -0.39 is 26.7 Å². The number of carbonyl (C=O) groups is 1. The summed E-state index contributed by atoms with van der Waals surface area (Å²) in [5, 5.41) is 0. The monoisotopic (exact) mass is 414 g/mol. The third-order valence-corrected chi connectivity index (χ3v) is 5.17. The Hall–Kier alpha value is -0.140. The van der Waals surface area contributed by atoms with Crippen LogP contribution in [-0.2, 0) is 19.6 Å². The summed E-state index contributed by atoms with van der Waals surface area (Å²) in [6.07, 6.45) is 13.1.